The standard InChI is InChI=1S/C17H15N7O3S/c1-10-7-12(23-22-10)20-13(25)9-28-17-21-15-14(18-4-5-19-15)16(26)24(17)8-11-3-2-6-27-11/h2-7H,8-9H2,1H3,(H2,20,22,23,25). The van der Waals surface area contributed by atoms with Crippen LogP contribution in [0.2, 0.25) is 0 Å². The number of nitrogens with zero attached hydrogens (tertiary/aromatic N) is 5. The molecule has 0 aliphatic carbocycles. The van der Waals surface area contributed by atoms with Crippen molar-refractivity contribution in [3.05, 3.63) is 58.7 Å². The molecule has 142 valence electrons. The van der Waals surface area contributed by atoms with Crippen LogP contribution in [-0.4, -0.2) is 41.4 Å². The van der Waals surface area contributed by atoms with E-state index in [0.717, 1.165) is 17.5 Å². The first-order valence-corrected chi connectivity index (χ1v) is 9.27. The number of hydrogen-bond donors (Lipinski definition) is 2. The first-order valence-electron chi connectivity index (χ1n) is 8.29. The summed E-state index contributed by atoms with van der Waals surface area (Å²) in [5, 5.41) is 9.76. The Bertz CT molecular complexity index is 1180. The lowest BCUT2D eigenvalue weighted by Gasteiger charge is -2.11. The van der Waals surface area contributed by atoms with Crippen molar-refractivity contribution in [3.63, 3.8) is 0 Å². The van der Waals surface area contributed by atoms with Gasteiger partial charge in [-0.25, -0.2) is 15.0 Å². The fourth-order valence-corrected chi connectivity index (χ4v) is 3.31. The summed E-state index contributed by atoms with van der Waals surface area (Å²) in [7, 11) is 0. The summed E-state index contributed by atoms with van der Waals surface area (Å²) in [4.78, 5) is 37.7. The van der Waals surface area contributed by atoms with Gasteiger partial charge in [-0.05, 0) is 19.1 Å². The van der Waals surface area contributed by atoms with Gasteiger partial charge in [-0.15, -0.1) is 0 Å². The Morgan fingerprint density at radius 1 is 1.36 bits per heavy atom. The number of thioether (sulfide) groups is 1. The number of aryl methyl sites for hydroxylation is 1. The molecule has 4 heterocycles. The van der Waals surface area contributed by atoms with E-state index >= 15 is 0 Å². The number of aromatic nitrogens is 6. The molecule has 11 heteroatoms. The van der Waals surface area contributed by atoms with E-state index in [1.54, 1.807) is 18.2 Å². The number of carbonyl (C=O) groups is 1. The van der Waals surface area contributed by atoms with E-state index in [-0.39, 0.29) is 34.9 Å². The summed E-state index contributed by atoms with van der Waals surface area (Å²) >= 11 is 1.12. The Labute approximate surface area is 162 Å². The Kier molecular flexibility index (Phi) is 4.89. The van der Waals surface area contributed by atoms with Crippen molar-refractivity contribution in [2.45, 2.75) is 18.6 Å². The quantitative estimate of drug-likeness (QED) is 0.370. The Morgan fingerprint density at radius 3 is 2.96 bits per heavy atom. The maximum Gasteiger partial charge on any atom is 0.282 e. The van der Waals surface area contributed by atoms with Gasteiger partial charge in [-0.2, -0.15) is 5.10 Å². The number of fused-ring (bicyclic) bond motifs is 1. The predicted molar refractivity (Wildman–Crippen MR) is 102 cm³/mol. The zero-order valence-corrected chi connectivity index (χ0v) is 15.6. The van der Waals surface area contributed by atoms with E-state index in [4.69, 9.17) is 4.42 Å². The van der Waals surface area contributed by atoms with Crippen molar-refractivity contribution < 1.29 is 9.21 Å². The maximum absolute atomic E-state index is 12.9. The molecule has 0 saturated heterocycles. The van der Waals surface area contributed by atoms with Crippen LogP contribution in [0.4, 0.5) is 5.82 Å². The maximum atomic E-state index is 12.9. The molecule has 2 N–H and O–H groups in total. The fourth-order valence-electron chi connectivity index (χ4n) is 2.53. The smallest absolute Gasteiger partial charge is 0.282 e. The first kappa shape index (κ1) is 17.9. The number of aromatic amines is 1. The van der Waals surface area contributed by atoms with Gasteiger partial charge in [-0.1, -0.05) is 11.8 Å². The number of rotatable bonds is 6. The molecule has 4 aromatic rings. The minimum atomic E-state index is -0.347. The van der Waals surface area contributed by atoms with Crippen LogP contribution in [-0.2, 0) is 11.3 Å². The Balaban J connectivity index is 1.61. The molecule has 4 aromatic heterocycles. The second kappa shape index (κ2) is 7.64. The van der Waals surface area contributed by atoms with Crippen LogP contribution in [0.3, 0.4) is 0 Å². The molecule has 0 bridgehead atoms. The van der Waals surface area contributed by atoms with Crippen molar-refractivity contribution in [2.24, 2.45) is 0 Å². The third-order valence-corrected chi connectivity index (χ3v) is 4.74. The number of hydrogen-bond acceptors (Lipinski definition) is 8. The van der Waals surface area contributed by atoms with Gasteiger partial charge in [0, 0.05) is 24.2 Å². The van der Waals surface area contributed by atoms with Crippen LogP contribution in [0, 0.1) is 6.92 Å². The molecular formula is C17H15N7O3S. The minimum absolute atomic E-state index is 0.0439. The summed E-state index contributed by atoms with van der Waals surface area (Å²) < 4.78 is 6.77. The Hall–Kier alpha value is -3.47. The second-order valence-electron chi connectivity index (χ2n) is 5.87. The van der Waals surface area contributed by atoms with Crippen molar-refractivity contribution >= 4 is 34.7 Å². The van der Waals surface area contributed by atoms with Crippen molar-refractivity contribution in [3.8, 4) is 0 Å². The lowest BCUT2D eigenvalue weighted by atomic mass is 10.4. The number of H-pyrrole nitrogens is 1. The lowest BCUT2D eigenvalue weighted by Crippen LogP contribution is -2.25. The number of anilines is 1. The highest BCUT2D eigenvalue weighted by molar-refractivity contribution is 7.99. The first-order chi connectivity index (χ1) is 13.6. The van der Waals surface area contributed by atoms with Gasteiger partial charge in [0.25, 0.3) is 5.56 Å². The SMILES string of the molecule is Cc1cc(NC(=O)CSc2nc3nccnc3c(=O)n2Cc2ccco2)n[nH]1. The van der Waals surface area contributed by atoms with Crippen LogP contribution in [0.25, 0.3) is 11.2 Å². The normalized spacial score (nSPS) is 11.0. The Morgan fingerprint density at radius 2 is 2.21 bits per heavy atom. The molecule has 4 rings (SSSR count). The summed E-state index contributed by atoms with van der Waals surface area (Å²) in [6, 6.07) is 5.22. The van der Waals surface area contributed by atoms with Gasteiger partial charge in [0.2, 0.25) is 5.91 Å². The molecule has 0 aliphatic heterocycles. The van der Waals surface area contributed by atoms with E-state index in [0.29, 0.717) is 16.7 Å². The number of furan rings is 1. The average molecular weight is 397 g/mol. The molecular weight excluding hydrogens is 382 g/mol. The van der Waals surface area contributed by atoms with E-state index in [2.05, 4.69) is 30.5 Å². The predicted octanol–water partition coefficient (Wildman–Crippen LogP) is 1.59. The molecule has 0 fully saturated rings. The average Bonchev–Trinajstić information content (AvgIpc) is 3.34. The summed E-state index contributed by atoms with van der Waals surface area (Å²) in [5.74, 6) is 0.802. The number of carbonyl (C=O) groups excluding carboxylic acids is 1. The van der Waals surface area contributed by atoms with Crippen molar-refractivity contribution in [1.82, 2.24) is 29.7 Å². The zero-order chi connectivity index (χ0) is 19.5. The third kappa shape index (κ3) is 3.78. The molecule has 0 aliphatic rings. The highest BCUT2D eigenvalue weighted by Crippen LogP contribution is 2.18. The fraction of sp³-hybridized carbons (Fsp3) is 0.176. The molecule has 28 heavy (non-hydrogen) atoms. The minimum Gasteiger partial charge on any atom is -0.467 e. The van der Waals surface area contributed by atoms with Crippen LogP contribution >= 0.6 is 11.8 Å². The third-order valence-electron chi connectivity index (χ3n) is 3.76. The number of amides is 1. The van der Waals surface area contributed by atoms with Crippen LogP contribution in [0.1, 0.15) is 11.5 Å². The van der Waals surface area contributed by atoms with Crippen LogP contribution in [0.5, 0.6) is 0 Å². The van der Waals surface area contributed by atoms with Gasteiger partial charge in [-0.3, -0.25) is 19.3 Å². The van der Waals surface area contributed by atoms with Gasteiger partial charge in [0.05, 0.1) is 18.6 Å². The summed E-state index contributed by atoms with van der Waals surface area (Å²) in [6.45, 7) is 2.01. The molecule has 0 aromatic carbocycles. The van der Waals surface area contributed by atoms with Crippen molar-refractivity contribution in [2.75, 3.05) is 11.1 Å². The monoisotopic (exact) mass is 397 g/mol. The molecule has 0 radical (unpaired) electrons. The molecule has 0 spiro atoms. The molecule has 0 unspecified atom stereocenters. The molecule has 10 nitrogen and oxygen atoms in total. The molecule has 1 amide bonds. The summed E-state index contributed by atoms with van der Waals surface area (Å²) in [5.41, 5.74) is 0.884. The molecule has 0 atom stereocenters. The number of nitrogens with one attached hydrogen (secondary N) is 2. The topological polar surface area (TPSA) is 132 Å². The van der Waals surface area contributed by atoms with E-state index in [1.807, 2.05) is 6.92 Å². The van der Waals surface area contributed by atoms with Gasteiger partial charge in [0.15, 0.2) is 22.1 Å². The van der Waals surface area contributed by atoms with Gasteiger partial charge >= 0.3 is 0 Å². The lowest BCUT2D eigenvalue weighted by molar-refractivity contribution is -0.113. The second-order valence-corrected chi connectivity index (χ2v) is 6.81. The highest BCUT2D eigenvalue weighted by atomic mass is 32.2. The largest absolute Gasteiger partial charge is 0.467 e. The van der Waals surface area contributed by atoms with Crippen LogP contribution < -0.4 is 10.9 Å². The zero-order valence-electron chi connectivity index (χ0n) is 14.7. The van der Waals surface area contributed by atoms with E-state index in [1.165, 1.54) is 23.2 Å². The highest BCUT2D eigenvalue weighted by Gasteiger charge is 2.16. The van der Waals surface area contributed by atoms with Gasteiger partial charge < -0.3 is 9.73 Å². The van der Waals surface area contributed by atoms with Gasteiger partial charge in [0.1, 0.15) is 5.76 Å². The van der Waals surface area contributed by atoms with E-state index < -0.39 is 0 Å². The summed E-state index contributed by atoms with van der Waals surface area (Å²) in [6.07, 6.45) is 4.43. The van der Waals surface area contributed by atoms with Crippen LogP contribution in [0.15, 0.2) is 51.2 Å². The van der Waals surface area contributed by atoms with Crippen molar-refractivity contribution in [1.29, 1.82) is 0 Å². The van der Waals surface area contributed by atoms with E-state index in [9.17, 15) is 9.59 Å². The molecule has 0 saturated carbocycles.